The van der Waals surface area contributed by atoms with Crippen LogP contribution < -0.4 is 9.64 Å². The zero-order chi connectivity index (χ0) is 27.2. The van der Waals surface area contributed by atoms with Gasteiger partial charge in [-0.1, -0.05) is 79.8 Å². The highest BCUT2D eigenvalue weighted by molar-refractivity contribution is 5.77. The quantitative estimate of drug-likeness (QED) is 0.139. The van der Waals surface area contributed by atoms with Crippen LogP contribution in [0.1, 0.15) is 46.1 Å². The van der Waals surface area contributed by atoms with Crippen molar-refractivity contribution in [3.8, 4) is 5.75 Å². The molecule has 0 aliphatic heterocycles. The van der Waals surface area contributed by atoms with E-state index in [1.807, 2.05) is 49.4 Å². The first-order valence-corrected chi connectivity index (χ1v) is 13.4. The van der Waals surface area contributed by atoms with Gasteiger partial charge in [0.25, 0.3) is 0 Å². The van der Waals surface area contributed by atoms with Crippen LogP contribution in [-0.4, -0.2) is 5.97 Å². The van der Waals surface area contributed by atoms with Gasteiger partial charge in [0, 0.05) is 23.5 Å². The van der Waals surface area contributed by atoms with Gasteiger partial charge in [0.15, 0.2) is 0 Å². The first-order chi connectivity index (χ1) is 18.6. The molecule has 0 aliphatic carbocycles. The minimum atomic E-state index is -0.237. The first-order valence-electron chi connectivity index (χ1n) is 13.4. The molecule has 0 saturated carbocycles. The molecule has 0 N–H and O–H groups in total. The molecule has 0 fully saturated rings. The van der Waals surface area contributed by atoms with Gasteiger partial charge in [-0.25, -0.2) is 0 Å². The van der Waals surface area contributed by atoms with E-state index >= 15 is 0 Å². The number of hydrogen-bond acceptors (Lipinski definition) is 3. The van der Waals surface area contributed by atoms with Crippen molar-refractivity contribution < 1.29 is 9.53 Å². The van der Waals surface area contributed by atoms with E-state index in [1.54, 1.807) is 6.92 Å². The predicted octanol–water partition coefficient (Wildman–Crippen LogP) is 9.68. The Labute approximate surface area is 228 Å². The zero-order valence-corrected chi connectivity index (χ0v) is 23.0. The Hall–Kier alpha value is -4.11. The van der Waals surface area contributed by atoms with Crippen LogP contribution >= 0.6 is 0 Å². The third-order valence-electron chi connectivity index (χ3n) is 6.33. The summed E-state index contributed by atoms with van der Waals surface area (Å²) in [6.07, 6.45) is 17.4. The Balaban J connectivity index is 1.88. The van der Waals surface area contributed by atoms with Crippen molar-refractivity contribution in [2.24, 2.45) is 5.92 Å². The second kappa shape index (κ2) is 15.2. The molecule has 1 unspecified atom stereocenters. The van der Waals surface area contributed by atoms with Gasteiger partial charge >= 0.3 is 5.97 Å². The van der Waals surface area contributed by atoms with E-state index in [1.165, 1.54) is 11.1 Å². The van der Waals surface area contributed by atoms with Crippen LogP contribution in [0.4, 0.5) is 17.1 Å². The van der Waals surface area contributed by atoms with Crippen molar-refractivity contribution in [1.29, 1.82) is 0 Å². The molecule has 3 heteroatoms. The summed E-state index contributed by atoms with van der Waals surface area (Å²) in [5.74, 6) is 0.728. The largest absolute Gasteiger partial charge is 0.427 e. The van der Waals surface area contributed by atoms with Crippen LogP contribution in [0.25, 0.3) is 0 Å². The van der Waals surface area contributed by atoms with E-state index in [0.29, 0.717) is 18.1 Å². The van der Waals surface area contributed by atoms with E-state index in [2.05, 4.69) is 97.7 Å². The maximum Gasteiger partial charge on any atom is 0.310 e. The average Bonchev–Trinajstić information content (AvgIpc) is 2.96. The Bertz CT molecular complexity index is 1250. The highest BCUT2D eigenvalue weighted by Gasteiger charge is 2.15. The number of rotatable bonds is 12. The topological polar surface area (TPSA) is 29.5 Å². The number of nitrogens with zero attached hydrogens (tertiary/aromatic N) is 1. The van der Waals surface area contributed by atoms with Crippen molar-refractivity contribution in [2.45, 2.75) is 47.0 Å². The van der Waals surface area contributed by atoms with E-state index in [-0.39, 0.29) is 5.97 Å². The van der Waals surface area contributed by atoms with Crippen LogP contribution in [0.3, 0.4) is 0 Å². The van der Waals surface area contributed by atoms with Crippen LogP contribution in [-0.2, 0) is 11.2 Å². The van der Waals surface area contributed by atoms with Crippen molar-refractivity contribution in [3.63, 3.8) is 0 Å². The lowest BCUT2D eigenvalue weighted by molar-refractivity contribution is -0.134. The predicted molar refractivity (Wildman–Crippen MR) is 161 cm³/mol. The minimum Gasteiger partial charge on any atom is -0.427 e. The summed E-state index contributed by atoms with van der Waals surface area (Å²) >= 11 is 0. The number of para-hydroxylation sites is 1. The number of anilines is 3. The highest BCUT2D eigenvalue weighted by Crippen LogP contribution is 2.35. The average molecular weight is 506 g/mol. The van der Waals surface area contributed by atoms with Gasteiger partial charge in [-0.05, 0) is 99.2 Å². The molecule has 0 amide bonds. The minimum absolute atomic E-state index is 0.237. The third kappa shape index (κ3) is 8.21. The van der Waals surface area contributed by atoms with E-state index < -0.39 is 0 Å². The van der Waals surface area contributed by atoms with E-state index in [0.717, 1.165) is 29.9 Å². The Morgan fingerprint density at radius 1 is 0.816 bits per heavy atom. The Morgan fingerprint density at radius 2 is 1.45 bits per heavy atom. The van der Waals surface area contributed by atoms with Gasteiger partial charge < -0.3 is 9.64 Å². The monoisotopic (exact) mass is 505 g/mol. The summed E-state index contributed by atoms with van der Waals surface area (Å²) in [6, 6.07) is 26.8. The number of ether oxygens (including phenoxy) is 1. The molecule has 3 nitrogen and oxygen atoms in total. The van der Waals surface area contributed by atoms with E-state index in [9.17, 15) is 4.79 Å². The summed E-state index contributed by atoms with van der Waals surface area (Å²) < 4.78 is 5.37. The van der Waals surface area contributed by atoms with Crippen LogP contribution in [0.5, 0.6) is 5.75 Å². The number of hydrogen-bond donors (Lipinski definition) is 0. The molecule has 3 aromatic carbocycles. The molecule has 196 valence electrons. The normalized spacial score (nSPS) is 12.9. The number of allylic oxidation sites excluding steroid dienone is 8. The lowest BCUT2D eigenvalue weighted by Gasteiger charge is -2.26. The summed E-state index contributed by atoms with van der Waals surface area (Å²) in [5.41, 5.74) is 5.79. The second-order valence-electron chi connectivity index (χ2n) is 9.04. The lowest BCUT2D eigenvalue weighted by Crippen LogP contribution is -2.11. The fraction of sp³-hybridized carbons (Fsp3) is 0.229. The smallest absolute Gasteiger partial charge is 0.310 e. The fourth-order valence-electron chi connectivity index (χ4n) is 4.39. The third-order valence-corrected chi connectivity index (χ3v) is 6.33. The van der Waals surface area contributed by atoms with Crippen LogP contribution in [0.2, 0.25) is 0 Å². The molecular formula is C35H39NO2. The van der Waals surface area contributed by atoms with E-state index in [4.69, 9.17) is 4.74 Å². The molecule has 0 saturated heterocycles. The van der Waals surface area contributed by atoms with Crippen molar-refractivity contribution in [1.82, 2.24) is 0 Å². The van der Waals surface area contributed by atoms with Gasteiger partial charge in [-0.2, -0.15) is 0 Å². The molecule has 0 aliphatic rings. The molecule has 0 bridgehead atoms. The number of carbonyl (C=O) groups is 1. The Morgan fingerprint density at radius 3 is 2.03 bits per heavy atom. The lowest BCUT2D eigenvalue weighted by atomic mass is 9.88. The summed E-state index contributed by atoms with van der Waals surface area (Å²) in [4.78, 5) is 13.9. The zero-order valence-electron chi connectivity index (χ0n) is 23.0. The molecule has 38 heavy (non-hydrogen) atoms. The highest BCUT2D eigenvalue weighted by atomic mass is 16.5. The maximum absolute atomic E-state index is 11.7. The van der Waals surface area contributed by atoms with Crippen molar-refractivity contribution in [3.05, 3.63) is 133 Å². The molecule has 0 aromatic heterocycles. The van der Waals surface area contributed by atoms with Gasteiger partial charge in [0.2, 0.25) is 0 Å². The molecular weight excluding hydrogens is 466 g/mol. The summed E-state index contributed by atoms with van der Waals surface area (Å²) in [7, 11) is 0. The van der Waals surface area contributed by atoms with Gasteiger partial charge in [0.05, 0.1) is 0 Å². The fourth-order valence-corrected chi connectivity index (χ4v) is 4.39. The van der Waals surface area contributed by atoms with Crippen molar-refractivity contribution in [2.75, 3.05) is 4.90 Å². The Kier molecular flexibility index (Phi) is 11.4. The van der Waals surface area contributed by atoms with Gasteiger partial charge in [-0.15, -0.1) is 0 Å². The van der Waals surface area contributed by atoms with Crippen LogP contribution in [0, 0.1) is 5.92 Å². The summed E-state index contributed by atoms with van der Waals surface area (Å²) in [5, 5.41) is 0. The molecule has 0 heterocycles. The summed E-state index contributed by atoms with van der Waals surface area (Å²) in [6.45, 7) is 8.02. The molecule has 3 rings (SSSR count). The maximum atomic E-state index is 11.7. The molecule has 0 radical (unpaired) electrons. The van der Waals surface area contributed by atoms with Crippen LogP contribution in [0.15, 0.2) is 127 Å². The van der Waals surface area contributed by atoms with Crippen molar-refractivity contribution >= 4 is 23.0 Å². The number of esters is 1. The molecule has 0 spiro atoms. The van der Waals surface area contributed by atoms with Gasteiger partial charge in [0.1, 0.15) is 5.75 Å². The SMILES string of the molecule is C/C=C\C=C/CC(Cc1ccc(N(c2ccccc2)c2ccc(OC(=O)CC)cc2)cc1)C(/C=C\C)=C/C. The molecule has 3 aromatic rings. The molecule has 1 atom stereocenters. The standard InChI is InChI=1S/C35H39NO2/c1-5-9-10-12-16-30(29(7-3)15-6-2)27-28-19-21-32(22-20-28)36(31-17-13-11-14-18-31)33-23-25-34(26-24-33)38-35(37)8-4/h5-7,9-15,17-26,30H,8,16,27H2,1-4H3/b9-5-,12-10-,15-6-,29-7+. The van der Waals surface area contributed by atoms with Gasteiger partial charge in [-0.3, -0.25) is 4.79 Å². The number of carbonyl (C=O) groups excluding carboxylic acids is 1. The second-order valence-corrected chi connectivity index (χ2v) is 9.04. The number of benzene rings is 3. The first kappa shape index (κ1) is 28.5.